The number of aromatic hydroxyl groups is 1. The minimum absolute atomic E-state index is 0.168. The van der Waals surface area contributed by atoms with Crippen molar-refractivity contribution in [3.63, 3.8) is 0 Å². The van der Waals surface area contributed by atoms with Gasteiger partial charge in [0.25, 0.3) is 0 Å². The van der Waals surface area contributed by atoms with E-state index in [1.165, 1.54) is 0 Å². The van der Waals surface area contributed by atoms with Crippen LogP contribution < -0.4 is 5.73 Å². The summed E-state index contributed by atoms with van der Waals surface area (Å²) < 4.78 is 1.89. The molecule has 3 N–H and O–H groups in total. The first-order valence-corrected chi connectivity index (χ1v) is 8.08. The molecule has 0 unspecified atom stereocenters. The summed E-state index contributed by atoms with van der Waals surface area (Å²) in [6.45, 7) is 4.85. The maximum absolute atomic E-state index is 9.49. The van der Waals surface area contributed by atoms with Crippen LogP contribution >= 0.6 is 0 Å². The van der Waals surface area contributed by atoms with Gasteiger partial charge in [0.15, 0.2) is 0 Å². The van der Waals surface area contributed by atoms with Crippen LogP contribution in [0.1, 0.15) is 24.6 Å². The molecule has 2 aromatic heterocycles. The van der Waals surface area contributed by atoms with Crippen molar-refractivity contribution in [1.29, 1.82) is 5.26 Å². The molecule has 25 heavy (non-hydrogen) atoms. The number of nitrogens with zero attached hydrogens (tertiary/aromatic N) is 4. The molecule has 0 saturated carbocycles. The minimum Gasteiger partial charge on any atom is -0.508 e. The predicted molar refractivity (Wildman–Crippen MR) is 96.7 cm³/mol. The van der Waals surface area contributed by atoms with E-state index in [-0.39, 0.29) is 11.6 Å². The van der Waals surface area contributed by atoms with E-state index in [4.69, 9.17) is 5.73 Å². The zero-order valence-electron chi connectivity index (χ0n) is 14.2. The summed E-state index contributed by atoms with van der Waals surface area (Å²) in [5, 5.41) is 23.5. The summed E-state index contributed by atoms with van der Waals surface area (Å²) in [6, 6.07) is 10.6. The van der Waals surface area contributed by atoms with E-state index in [9.17, 15) is 10.4 Å². The van der Waals surface area contributed by atoms with Crippen LogP contribution in [0, 0.1) is 18.3 Å². The van der Waals surface area contributed by atoms with Crippen LogP contribution in [-0.2, 0) is 6.54 Å². The normalized spacial score (nSPS) is 10.6. The molecule has 1 aromatic carbocycles. The van der Waals surface area contributed by atoms with Gasteiger partial charge in [-0.05, 0) is 37.1 Å². The molecule has 126 valence electrons. The fourth-order valence-electron chi connectivity index (χ4n) is 2.80. The molecule has 0 fully saturated rings. The first kappa shape index (κ1) is 16.5. The number of aromatic nitrogens is 3. The van der Waals surface area contributed by atoms with Crippen molar-refractivity contribution < 1.29 is 5.11 Å². The average Bonchev–Trinajstić information content (AvgIpc) is 2.95. The van der Waals surface area contributed by atoms with Crippen LogP contribution in [0.4, 0.5) is 5.82 Å². The van der Waals surface area contributed by atoms with E-state index in [0.29, 0.717) is 16.8 Å². The van der Waals surface area contributed by atoms with Crippen LogP contribution in [0.2, 0.25) is 0 Å². The van der Waals surface area contributed by atoms with Gasteiger partial charge < -0.3 is 10.8 Å². The van der Waals surface area contributed by atoms with Crippen molar-refractivity contribution in [3.8, 4) is 34.2 Å². The number of phenolic OH excluding ortho intramolecular Hbond substituents is 1. The van der Waals surface area contributed by atoms with Crippen LogP contribution in [0.15, 0.2) is 36.5 Å². The van der Waals surface area contributed by atoms with Gasteiger partial charge in [-0.1, -0.05) is 19.1 Å². The maximum atomic E-state index is 9.49. The number of nitrogens with two attached hydrogens (primary N) is 1. The standard InChI is InChI=1S/C19H19N5O/c1-3-8-24-11-17(12(2)23-24)18-9-15(16(10-20)19(21)22-18)13-4-6-14(25)7-5-13/h4-7,9,11,25H,3,8H2,1-2H3,(H2,21,22). The van der Waals surface area contributed by atoms with Gasteiger partial charge in [0.2, 0.25) is 0 Å². The molecule has 0 aliphatic heterocycles. The number of anilines is 1. The van der Waals surface area contributed by atoms with Gasteiger partial charge >= 0.3 is 0 Å². The van der Waals surface area contributed by atoms with Gasteiger partial charge in [0, 0.05) is 23.9 Å². The molecule has 0 bridgehead atoms. The lowest BCUT2D eigenvalue weighted by Crippen LogP contribution is -2.00. The van der Waals surface area contributed by atoms with Crippen molar-refractivity contribution in [2.24, 2.45) is 0 Å². The Morgan fingerprint density at radius 1 is 1.24 bits per heavy atom. The van der Waals surface area contributed by atoms with E-state index >= 15 is 0 Å². The lowest BCUT2D eigenvalue weighted by molar-refractivity contribution is 0.475. The zero-order chi connectivity index (χ0) is 18.0. The molecule has 0 saturated heterocycles. The number of pyridine rings is 1. The number of rotatable bonds is 4. The Morgan fingerprint density at radius 3 is 2.60 bits per heavy atom. The van der Waals surface area contributed by atoms with E-state index in [2.05, 4.69) is 23.1 Å². The van der Waals surface area contributed by atoms with Crippen LogP contribution in [-0.4, -0.2) is 19.9 Å². The van der Waals surface area contributed by atoms with Gasteiger partial charge in [-0.15, -0.1) is 0 Å². The minimum atomic E-state index is 0.168. The number of hydrogen-bond donors (Lipinski definition) is 2. The van der Waals surface area contributed by atoms with Crippen molar-refractivity contribution in [1.82, 2.24) is 14.8 Å². The van der Waals surface area contributed by atoms with E-state index < -0.39 is 0 Å². The molecule has 0 spiro atoms. The highest BCUT2D eigenvalue weighted by Gasteiger charge is 2.16. The second-order valence-electron chi connectivity index (χ2n) is 5.87. The highest BCUT2D eigenvalue weighted by molar-refractivity contribution is 5.80. The third-order valence-electron chi connectivity index (χ3n) is 4.01. The Hall–Kier alpha value is -3.33. The molecule has 6 heteroatoms. The number of hydrogen-bond acceptors (Lipinski definition) is 5. The summed E-state index contributed by atoms with van der Waals surface area (Å²) in [6.07, 6.45) is 2.94. The lowest BCUT2D eigenvalue weighted by atomic mass is 9.98. The Balaban J connectivity index is 2.17. The summed E-state index contributed by atoms with van der Waals surface area (Å²) in [4.78, 5) is 4.40. The fourth-order valence-corrected chi connectivity index (χ4v) is 2.80. The Bertz CT molecular complexity index is 951. The van der Waals surface area contributed by atoms with Gasteiger partial charge in [-0.25, -0.2) is 4.98 Å². The molecule has 0 amide bonds. The van der Waals surface area contributed by atoms with Crippen LogP contribution in [0.5, 0.6) is 5.75 Å². The van der Waals surface area contributed by atoms with Gasteiger partial charge in [0.1, 0.15) is 23.2 Å². The van der Waals surface area contributed by atoms with E-state index in [0.717, 1.165) is 29.8 Å². The molecule has 0 atom stereocenters. The van der Waals surface area contributed by atoms with Crippen LogP contribution in [0.3, 0.4) is 0 Å². The monoisotopic (exact) mass is 333 g/mol. The first-order valence-electron chi connectivity index (χ1n) is 8.08. The maximum Gasteiger partial charge on any atom is 0.142 e. The second-order valence-corrected chi connectivity index (χ2v) is 5.87. The van der Waals surface area contributed by atoms with Crippen molar-refractivity contribution in [3.05, 3.63) is 47.8 Å². The molecule has 3 aromatic rings. The fraction of sp³-hybridized carbons (Fsp3) is 0.211. The van der Waals surface area contributed by atoms with Crippen molar-refractivity contribution in [2.75, 3.05) is 5.73 Å². The SMILES string of the molecule is CCCn1cc(-c2cc(-c3ccc(O)cc3)c(C#N)c(N)n2)c(C)n1. The second kappa shape index (κ2) is 6.65. The topological polar surface area (TPSA) is 101 Å². The molecule has 0 aliphatic rings. The number of nitriles is 1. The molecular weight excluding hydrogens is 314 g/mol. The van der Waals surface area contributed by atoms with Crippen LogP contribution in [0.25, 0.3) is 22.4 Å². The molecular formula is C19H19N5O. The molecule has 0 radical (unpaired) electrons. The predicted octanol–water partition coefficient (Wildman–Crippen LogP) is 3.49. The number of phenols is 1. The molecule has 6 nitrogen and oxygen atoms in total. The third-order valence-corrected chi connectivity index (χ3v) is 4.01. The largest absolute Gasteiger partial charge is 0.508 e. The highest BCUT2D eigenvalue weighted by Crippen LogP contribution is 2.32. The summed E-state index contributed by atoms with van der Waals surface area (Å²) in [5.41, 5.74) is 10.3. The smallest absolute Gasteiger partial charge is 0.142 e. The summed E-state index contributed by atoms with van der Waals surface area (Å²) >= 11 is 0. The van der Waals surface area contributed by atoms with Gasteiger partial charge in [-0.3, -0.25) is 4.68 Å². The van der Waals surface area contributed by atoms with Crippen molar-refractivity contribution in [2.45, 2.75) is 26.8 Å². The Labute approximate surface area is 146 Å². The summed E-state index contributed by atoms with van der Waals surface area (Å²) in [5.74, 6) is 0.354. The quantitative estimate of drug-likeness (QED) is 0.761. The van der Waals surface area contributed by atoms with Gasteiger partial charge in [-0.2, -0.15) is 10.4 Å². The van der Waals surface area contributed by atoms with E-state index in [1.54, 1.807) is 24.3 Å². The molecule has 3 rings (SSSR count). The first-order chi connectivity index (χ1) is 12.0. The molecule has 0 aliphatic carbocycles. The zero-order valence-corrected chi connectivity index (χ0v) is 14.2. The number of aryl methyl sites for hydroxylation is 2. The van der Waals surface area contributed by atoms with Gasteiger partial charge in [0.05, 0.1) is 11.4 Å². The number of benzene rings is 1. The Morgan fingerprint density at radius 2 is 1.96 bits per heavy atom. The Kier molecular flexibility index (Phi) is 4.40. The van der Waals surface area contributed by atoms with Crippen molar-refractivity contribution >= 4 is 5.82 Å². The average molecular weight is 333 g/mol. The number of nitrogen functional groups attached to an aromatic ring is 1. The third kappa shape index (κ3) is 3.17. The summed E-state index contributed by atoms with van der Waals surface area (Å²) in [7, 11) is 0. The lowest BCUT2D eigenvalue weighted by Gasteiger charge is -2.10. The molecule has 2 heterocycles. The van der Waals surface area contributed by atoms with E-state index in [1.807, 2.05) is 23.9 Å². The highest BCUT2D eigenvalue weighted by atomic mass is 16.3.